The first-order valence-corrected chi connectivity index (χ1v) is 7.99. The number of amides is 1. The van der Waals surface area contributed by atoms with E-state index >= 15 is 0 Å². The summed E-state index contributed by atoms with van der Waals surface area (Å²) in [5, 5.41) is 3.53. The quantitative estimate of drug-likeness (QED) is 0.845. The second-order valence-corrected chi connectivity index (χ2v) is 6.58. The summed E-state index contributed by atoms with van der Waals surface area (Å²) in [5.74, 6) is 0.381. The van der Waals surface area contributed by atoms with Gasteiger partial charge in [0.1, 0.15) is 0 Å². The number of halogens is 2. The summed E-state index contributed by atoms with van der Waals surface area (Å²) in [5.41, 5.74) is 0.387. The highest BCUT2D eigenvalue weighted by Crippen LogP contribution is 2.28. The van der Waals surface area contributed by atoms with Crippen molar-refractivity contribution in [3.8, 4) is 0 Å². The van der Waals surface area contributed by atoms with E-state index in [4.69, 9.17) is 23.2 Å². The Bertz CT molecular complexity index is 545. The largest absolute Gasteiger partial charge is 0.348 e. The summed E-state index contributed by atoms with van der Waals surface area (Å²) >= 11 is 11.8. The molecule has 1 aromatic rings. The summed E-state index contributed by atoms with van der Waals surface area (Å²) < 4.78 is 0. The first-order chi connectivity index (χ1) is 9.97. The molecular formula is C16H19Cl2NO2. The molecule has 0 spiro atoms. The fourth-order valence-electron chi connectivity index (χ4n) is 2.79. The number of nitrogens with one attached hydrogen (secondary N) is 1. The highest BCUT2D eigenvalue weighted by Gasteiger charge is 2.25. The van der Waals surface area contributed by atoms with Crippen molar-refractivity contribution in [3.05, 3.63) is 33.8 Å². The third kappa shape index (κ3) is 4.45. The van der Waals surface area contributed by atoms with Gasteiger partial charge < -0.3 is 5.32 Å². The topological polar surface area (TPSA) is 46.2 Å². The van der Waals surface area contributed by atoms with Crippen LogP contribution in [0.25, 0.3) is 0 Å². The summed E-state index contributed by atoms with van der Waals surface area (Å²) in [7, 11) is 0. The van der Waals surface area contributed by atoms with Crippen LogP contribution in [-0.4, -0.2) is 18.2 Å². The molecular weight excluding hydrogens is 309 g/mol. The smallest absolute Gasteiger partial charge is 0.223 e. The summed E-state index contributed by atoms with van der Waals surface area (Å²) in [4.78, 5) is 24.2. The third-order valence-electron chi connectivity index (χ3n) is 3.96. The zero-order valence-corrected chi connectivity index (χ0v) is 13.5. The Morgan fingerprint density at radius 1 is 1.29 bits per heavy atom. The molecule has 2 rings (SSSR count). The zero-order valence-electron chi connectivity index (χ0n) is 12.0. The SMILES string of the molecule is CC1CCCC(C(=O)NCC(=O)c2ccc(Cl)cc2Cl)C1. The lowest BCUT2D eigenvalue weighted by atomic mass is 9.82. The van der Waals surface area contributed by atoms with Crippen LogP contribution in [0.15, 0.2) is 18.2 Å². The minimum absolute atomic E-state index is 0.0228. The third-order valence-corrected chi connectivity index (χ3v) is 4.51. The van der Waals surface area contributed by atoms with E-state index in [0.717, 1.165) is 19.3 Å². The van der Waals surface area contributed by atoms with Crippen LogP contribution in [0, 0.1) is 11.8 Å². The lowest BCUT2D eigenvalue weighted by Crippen LogP contribution is -2.36. The molecule has 1 aliphatic rings. The lowest BCUT2D eigenvalue weighted by molar-refractivity contribution is -0.126. The average molecular weight is 328 g/mol. The molecule has 1 amide bonds. The van der Waals surface area contributed by atoms with Crippen molar-refractivity contribution in [2.75, 3.05) is 6.54 Å². The minimum Gasteiger partial charge on any atom is -0.348 e. The Labute approximate surface area is 135 Å². The van der Waals surface area contributed by atoms with E-state index < -0.39 is 0 Å². The van der Waals surface area contributed by atoms with Gasteiger partial charge in [0.15, 0.2) is 5.78 Å². The van der Waals surface area contributed by atoms with Crippen LogP contribution in [0.5, 0.6) is 0 Å². The van der Waals surface area contributed by atoms with Gasteiger partial charge in [0.25, 0.3) is 0 Å². The molecule has 3 nitrogen and oxygen atoms in total. The van der Waals surface area contributed by atoms with Crippen LogP contribution in [-0.2, 0) is 4.79 Å². The van der Waals surface area contributed by atoms with Crippen LogP contribution in [0.3, 0.4) is 0 Å². The molecule has 0 radical (unpaired) electrons. The van der Waals surface area contributed by atoms with Gasteiger partial charge in [0, 0.05) is 16.5 Å². The standard InChI is InChI=1S/C16H19Cl2NO2/c1-10-3-2-4-11(7-10)16(21)19-9-15(20)13-6-5-12(17)8-14(13)18/h5-6,8,10-11H,2-4,7,9H2,1H3,(H,19,21). The summed E-state index contributed by atoms with van der Waals surface area (Å²) in [6.45, 7) is 2.14. The Morgan fingerprint density at radius 3 is 2.71 bits per heavy atom. The molecule has 5 heteroatoms. The first-order valence-electron chi connectivity index (χ1n) is 7.23. The van der Waals surface area contributed by atoms with Gasteiger partial charge >= 0.3 is 0 Å². The van der Waals surface area contributed by atoms with Gasteiger partial charge in [-0.1, -0.05) is 43.0 Å². The van der Waals surface area contributed by atoms with Crippen LogP contribution in [0.2, 0.25) is 10.0 Å². The van der Waals surface area contributed by atoms with Crippen molar-refractivity contribution in [3.63, 3.8) is 0 Å². The van der Waals surface area contributed by atoms with Gasteiger partial charge in [-0.05, 0) is 37.0 Å². The highest BCUT2D eigenvalue weighted by atomic mass is 35.5. The molecule has 0 aliphatic heterocycles. The Morgan fingerprint density at radius 2 is 2.05 bits per heavy atom. The number of Topliss-reactive ketones (excluding diaryl/α,β-unsaturated/α-hetero) is 1. The van der Waals surface area contributed by atoms with Crippen molar-refractivity contribution < 1.29 is 9.59 Å². The van der Waals surface area contributed by atoms with Gasteiger partial charge in [-0.3, -0.25) is 9.59 Å². The number of ketones is 1. The van der Waals surface area contributed by atoms with E-state index in [1.807, 2.05) is 0 Å². The summed E-state index contributed by atoms with van der Waals surface area (Å²) in [6, 6.07) is 4.73. The maximum Gasteiger partial charge on any atom is 0.223 e. The Balaban J connectivity index is 1.90. The zero-order chi connectivity index (χ0) is 15.4. The highest BCUT2D eigenvalue weighted by molar-refractivity contribution is 6.36. The number of hydrogen-bond acceptors (Lipinski definition) is 2. The average Bonchev–Trinajstić information content (AvgIpc) is 2.44. The molecule has 0 saturated heterocycles. The fraction of sp³-hybridized carbons (Fsp3) is 0.500. The van der Waals surface area contributed by atoms with Gasteiger partial charge in [0.2, 0.25) is 5.91 Å². The van der Waals surface area contributed by atoms with Crippen molar-refractivity contribution in [1.29, 1.82) is 0 Å². The lowest BCUT2D eigenvalue weighted by Gasteiger charge is -2.25. The molecule has 1 aromatic carbocycles. The predicted molar refractivity (Wildman–Crippen MR) is 84.9 cm³/mol. The van der Waals surface area contributed by atoms with Crippen LogP contribution < -0.4 is 5.32 Å². The van der Waals surface area contributed by atoms with Gasteiger partial charge in [-0.15, -0.1) is 0 Å². The molecule has 1 saturated carbocycles. The fourth-order valence-corrected chi connectivity index (χ4v) is 3.31. The maximum atomic E-state index is 12.1. The molecule has 1 aliphatic carbocycles. The van der Waals surface area contributed by atoms with E-state index in [-0.39, 0.29) is 24.2 Å². The normalized spacial score (nSPS) is 21.9. The maximum absolute atomic E-state index is 12.1. The Hall–Kier alpha value is -1.06. The number of rotatable bonds is 4. The van der Waals surface area contributed by atoms with Crippen LogP contribution >= 0.6 is 23.2 Å². The number of hydrogen-bond donors (Lipinski definition) is 1. The van der Waals surface area contributed by atoms with E-state index in [2.05, 4.69) is 12.2 Å². The Kier molecular flexibility index (Phi) is 5.65. The van der Waals surface area contributed by atoms with Crippen molar-refractivity contribution >= 4 is 34.9 Å². The van der Waals surface area contributed by atoms with Gasteiger partial charge in [-0.2, -0.15) is 0 Å². The molecule has 21 heavy (non-hydrogen) atoms. The van der Waals surface area contributed by atoms with Crippen LogP contribution in [0.1, 0.15) is 43.0 Å². The summed E-state index contributed by atoms with van der Waals surface area (Å²) in [6.07, 6.45) is 4.08. The number of carbonyl (C=O) groups excluding carboxylic acids is 2. The molecule has 2 unspecified atom stereocenters. The first kappa shape index (κ1) is 16.3. The molecule has 0 heterocycles. The second kappa shape index (κ2) is 7.28. The second-order valence-electron chi connectivity index (χ2n) is 5.73. The van der Waals surface area contributed by atoms with Crippen molar-refractivity contribution in [1.82, 2.24) is 5.32 Å². The van der Waals surface area contributed by atoms with Crippen molar-refractivity contribution in [2.24, 2.45) is 11.8 Å². The molecule has 0 bridgehead atoms. The van der Waals surface area contributed by atoms with E-state index in [1.165, 1.54) is 12.5 Å². The minimum atomic E-state index is -0.200. The molecule has 114 valence electrons. The number of carbonyl (C=O) groups is 2. The van der Waals surface area contributed by atoms with E-state index in [9.17, 15) is 9.59 Å². The molecule has 0 aromatic heterocycles. The molecule has 1 N–H and O–H groups in total. The monoisotopic (exact) mass is 327 g/mol. The molecule has 1 fully saturated rings. The van der Waals surface area contributed by atoms with Gasteiger partial charge in [0.05, 0.1) is 11.6 Å². The predicted octanol–water partition coefficient (Wildman–Crippen LogP) is 4.12. The van der Waals surface area contributed by atoms with E-state index in [1.54, 1.807) is 12.1 Å². The van der Waals surface area contributed by atoms with Crippen molar-refractivity contribution in [2.45, 2.75) is 32.6 Å². The van der Waals surface area contributed by atoms with E-state index in [0.29, 0.717) is 21.5 Å². The van der Waals surface area contributed by atoms with Crippen LogP contribution in [0.4, 0.5) is 0 Å². The number of benzene rings is 1. The van der Waals surface area contributed by atoms with Gasteiger partial charge in [-0.25, -0.2) is 0 Å². The molecule has 2 atom stereocenters.